The van der Waals surface area contributed by atoms with Crippen LogP contribution in [0.2, 0.25) is 0 Å². The normalized spacial score (nSPS) is 10.3. The van der Waals surface area contributed by atoms with Crippen LogP contribution in [0.4, 0.5) is 8.78 Å². The highest BCUT2D eigenvalue weighted by molar-refractivity contribution is 7.09. The van der Waals surface area contributed by atoms with E-state index in [-0.39, 0.29) is 30.6 Å². The second kappa shape index (κ2) is 9.39. The SMILES string of the molecule is Cl.NCCc1nc(C(=O)NCc2cccc(OC(F)F)c2)cs1. The molecule has 0 radical (unpaired) electrons. The Bertz CT molecular complexity index is 640. The first kappa shape index (κ1) is 19.3. The van der Waals surface area contributed by atoms with E-state index in [1.165, 1.54) is 23.5 Å². The summed E-state index contributed by atoms with van der Waals surface area (Å²) in [6, 6.07) is 6.17. The maximum atomic E-state index is 12.1. The zero-order valence-electron chi connectivity index (χ0n) is 12.0. The molecule has 23 heavy (non-hydrogen) atoms. The molecule has 126 valence electrons. The molecule has 2 aromatic rings. The molecular weight excluding hydrogens is 348 g/mol. The van der Waals surface area contributed by atoms with Crippen molar-refractivity contribution in [2.24, 2.45) is 5.73 Å². The Kier molecular flexibility index (Phi) is 7.87. The number of carbonyl (C=O) groups excluding carboxylic acids is 1. The van der Waals surface area contributed by atoms with E-state index in [2.05, 4.69) is 15.0 Å². The number of halogens is 3. The van der Waals surface area contributed by atoms with Crippen molar-refractivity contribution < 1.29 is 18.3 Å². The quantitative estimate of drug-likeness (QED) is 0.792. The van der Waals surface area contributed by atoms with Crippen molar-refractivity contribution in [2.75, 3.05) is 6.54 Å². The monoisotopic (exact) mass is 363 g/mol. The van der Waals surface area contributed by atoms with Crippen molar-refractivity contribution in [1.82, 2.24) is 10.3 Å². The molecular formula is C14H16ClF2N3O2S. The molecule has 0 aliphatic heterocycles. The minimum absolute atomic E-state index is 0. The molecule has 0 aliphatic rings. The van der Waals surface area contributed by atoms with Gasteiger partial charge in [-0.2, -0.15) is 8.78 Å². The molecule has 0 spiro atoms. The number of nitrogens with one attached hydrogen (secondary N) is 1. The van der Waals surface area contributed by atoms with E-state index < -0.39 is 6.61 Å². The van der Waals surface area contributed by atoms with Crippen molar-refractivity contribution in [3.63, 3.8) is 0 Å². The first-order valence-corrected chi connectivity index (χ1v) is 7.43. The Labute approximate surface area is 142 Å². The number of amides is 1. The van der Waals surface area contributed by atoms with Crippen LogP contribution in [-0.2, 0) is 13.0 Å². The third kappa shape index (κ3) is 6.09. The standard InChI is InChI=1S/C14H15F2N3O2S.ClH/c15-14(16)21-10-3-1-2-9(6-10)7-18-13(20)11-8-22-12(19-11)4-5-17;/h1-3,6,8,14H,4-5,7,17H2,(H,18,20);1H. The van der Waals surface area contributed by atoms with E-state index in [1.54, 1.807) is 17.5 Å². The largest absolute Gasteiger partial charge is 0.435 e. The van der Waals surface area contributed by atoms with Crippen LogP contribution in [0.25, 0.3) is 0 Å². The first-order chi connectivity index (χ1) is 10.6. The first-order valence-electron chi connectivity index (χ1n) is 6.55. The van der Waals surface area contributed by atoms with Crippen LogP contribution < -0.4 is 15.8 Å². The van der Waals surface area contributed by atoms with Crippen molar-refractivity contribution >= 4 is 29.7 Å². The van der Waals surface area contributed by atoms with E-state index in [0.29, 0.717) is 24.2 Å². The average Bonchev–Trinajstić information content (AvgIpc) is 2.94. The van der Waals surface area contributed by atoms with Gasteiger partial charge in [0.05, 0.1) is 5.01 Å². The lowest BCUT2D eigenvalue weighted by Crippen LogP contribution is -2.23. The van der Waals surface area contributed by atoms with E-state index in [0.717, 1.165) is 5.01 Å². The Morgan fingerprint density at radius 2 is 2.22 bits per heavy atom. The summed E-state index contributed by atoms with van der Waals surface area (Å²) < 4.78 is 28.6. The van der Waals surface area contributed by atoms with Crippen molar-refractivity contribution in [3.05, 3.63) is 45.9 Å². The summed E-state index contributed by atoms with van der Waals surface area (Å²) in [4.78, 5) is 16.1. The fraction of sp³-hybridized carbons (Fsp3) is 0.286. The summed E-state index contributed by atoms with van der Waals surface area (Å²) in [6.45, 7) is -2.20. The van der Waals surface area contributed by atoms with Gasteiger partial charge in [-0.05, 0) is 24.2 Å². The number of hydrogen-bond donors (Lipinski definition) is 2. The minimum Gasteiger partial charge on any atom is -0.435 e. The molecule has 0 atom stereocenters. The average molecular weight is 364 g/mol. The second-order valence-corrected chi connectivity index (χ2v) is 5.32. The summed E-state index contributed by atoms with van der Waals surface area (Å²) in [5.74, 6) is -0.264. The van der Waals surface area contributed by atoms with Crippen molar-refractivity contribution in [3.8, 4) is 5.75 Å². The predicted octanol–water partition coefficient (Wildman–Crippen LogP) is 2.60. The number of aromatic nitrogens is 1. The number of thiazole rings is 1. The Hall–Kier alpha value is -1.77. The number of hydrogen-bond acceptors (Lipinski definition) is 5. The van der Waals surface area contributed by atoms with Gasteiger partial charge in [0, 0.05) is 18.3 Å². The smallest absolute Gasteiger partial charge is 0.387 e. The number of carbonyl (C=O) groups is 1. The van der Waals surface area contributed by atoms with E-state index in [1.807, 2.05) is 0 Å². The molecule has 1 heterocycles. The number of benzene rings is 1. The van der Waals surface area contributed by atoms with Crippen LogP contribution in [0.5, 0.6) is 5.75 Å². The highest BCUT2D eigenvalue weighted by Gasteiger charge is 2.10. The maximum absolute atomic E-state index is 12.1. The zero-order valence-corrected chi connectivity index (χ0v) is 13.6. The molecule has 0 bridgehead atoms. The van der Waals surface area contributed by atoms with Gasteiger partial charge in [-0.3, -0.25) is 4.79 Å². The van der Waals surface area contributed by atoms with Crippen LogP contribution in [0.1, 0.15) is 21.1 Å². The molecule has 1 aromatic heterocycles. The third-order valence-corrected chi connectivity index (χ3v) is 3.63. The van der Waals surface area contributed by atoms with Crippen LogP contribution in [0.15, 0.2) is 29.6 Å². The Morgan fingerprint density at radius 1 is 1.43 bits per heavy atom. The highest BCUT2D eigenvalue weighted by Crippen LogP contribution is 2.16. The topological polar surface area (TPSA) is 77.2 Å². The van der Waals surface area contributed by atoms with Gasteiger partial charge < -0.3 is 15.8 Å². The second-order valence-electron chi connectivity index (χ2n) is 4.37. The Balaban J connectivity index is 0.00000264. The van der Waals surface area contributed by atoms with Gasteiger partial charge in [-0.15, -0.1) is 23.7 Å². The van der Waals surface area contributed by atoms with Gasteiger partial charge in [0.15, 0.2) is 0 Å². The molecule has 5 nitrogen and oxygen atoms in total. The van der Waals surface area contributed by atoms with Crippen LogP contribution >= 0.6 is 23.7 Å². The molecule has 1 aromatic carbocycles. The molecule has 2 rings (SSSR count). The van der Waals surface area contributed by atoms with Crippen molar-refractivity contribution in [1.29, 1.82) is 0 Å². The number of ether oxygens (including phenoxy) is 1. The van der Waals surface area contributed by atoms with Crippen LogP contribution in [-0.4, -0.2) is 24.0 Å². The fourth-order valence-corrected chi connectivity index (χ4v) is 2.55. The minimum atomic E-state index is -2.87. The summed E-state index contributed by atoms with van der Waals surface area (Å²) in [6.07, 6.45) is 0.630. The van der Waals surface area contributed by atoms with Gasteiger partial charge in [0.2, 0.25) is 0 Å². The molecule has 0 fully saturated rings. The lowest BCUT2D eigenvalue weighted by Gasteiger charge is -2.07. The molecule has 0 saturated heterocycles. The maximum Gasteiger partial charge on any atom is 0.387 e. The number of rotatable bonds is 7. The van der Waals surface area contributed by atoms with Crippen molar-refractivity contribution in [2.45, 2.75) is 19.6 Å². The molecule has 0 aliphatic carbocycles. The lowest BCUT2D eigenvalue weighted by atomic mass is 10.2. The van der Waals surface area contributed by atoms with Gasteiger partial charge in [0.25, 0.3) is 5.91 Å². The summed E-state index contributed by atoms with van der Waals surface area (Å²) in [5, 5.41) is 5.15. The molecule has 0 saturated carbocycles. The zero-order chi connectivity index (χ0) is 15.9. The van der Waals surface area contributed by atoms with E-state index in [9.17, 15) is 13.6 Å². The van der Waals surface area contributed by atoms with E-state index in [4.69, 9.17) is 5.73 Å². The molecule has 1 amide bonds. The number of nitrogens with zero attached hydrogens (tertiary/aromatic N) is 1. The summed E-state index contributed by atoms with van der Waals surface area (Å²) in [7, 11) is 0. The Morgan fingerprint density at radius 3 is 2.91 bits per heavy atom. The van der Waals surface area contributed by atoms with Gasteiger partial charge in [0.1, 0.15) is 11.4 Å². The van der Waals surface area contributed by atoms with Crippen LogP contribution in [0.3, 0.4) is 0 Å². The van der Waals surface area contributed by atoms with Crippen LogP contribution in [0, 0.1) is 0 Å². The number of nitrogens with two attached hydrogens (primary N) is 1. The predicted molar refractivity (Wildman–Crippen MR) is 86.4 cm³/mol. The van der Waals surface area contributed by atoms with Gasteiger partial charge in [-0.1, -0.05) is 12.1 Å². The number of alkyl halides is 2. The molecule has 3 N–H and O–H groups in total. The summed E-state index contributed by atoms with van der Waals surface area (Å²) >= 11 is 1.38. The third-order valence-electron chi connectivity index (χ3n) is 2.72. The van der Waals surface area contributed by atoms with Gasteiger partial charge >= 0.3 is 6.61 Å². The molecule has 9 heteroatoms. The highest BCUT2D eigenvalue weighted by atomic mass is 35.5. The fourth-order valence-electron chi connectivity index (χ4n) is 1.76. The van der Waals surface area contributed by atoms with E-state index >= 15 is 0 Å². The summed E-state index contributed by atoms with van der Waals surface area (Å²) in [5.41, 5.74) is 6.41. The lowest BCUT2D eigenvalue weighted by molar-refractivity contribution is -0.0498. The molecule has 0 unspecified atom stereocenters. The van der Waals surface area contributed by atoms with Gasteiger partial charge in [-0.25, -0.2) is 4.98 Å².